The molecule has 1 aromatic heterocycles. The summed E-state index contributed by atoms with van der Waals surface area (Å²) in [6, 6.07) is 21.6. The minimum atomic E-state index is 0. The van der Waals surface area contributed by atoms with Crippen molar-refractivity contribution < 1.29 is 7.96 Å². The van der Waals surface area contributed by atoms with Gasteiger partial charge in [-0.15, -0.1) is 10.2 Å². The van der Waals surface area contributed by atoms with Crippen LogP contribution in [0.3, 0.4) is 0 Å². The molecular formula is C18H14BeN2OS. The van der Waals surface area contributed by atoms with Crippen molar-refractivity contribution in [2.75, 3.05) is 0 Å². The third-order valence-electron chi connectivity index (χ3n) is 3.58. The molecule has 3 aromatic carbocycles. The molecule has 23 heavy (non-hydrogen) atoms. The average molecular weight is 315 g/mol. The number of nitrogens with zero attached hydrogens (tertiary/aromatic N) is 2. The zero-order chi connectivity index (χ0) is 14.9. The molecule has 0 aliphatic heterocycles. The van der Waals surface area contributed by atoms with Crippen LogP contribution < -0.4 is 0 Å². The van der Waals surface area contributed by atoms with E-state index in [1.54, 1.807) is 12.1 Å². The third kappa shape index (κ3) is 2.74. The van der Waals surface area contributed by atoms with Crippen molar-refractivity contribution in [3.63, 3.8) is 0 Å². The molecule has 0 radical (unpaired) electrons. The minimum absolute atomic E-state index is 0. The van der Waals surface area contributed by atoms with Gasteiger partial charge in [0.05, 0.1) is 5.56 Å². The quantitative estimate of drug-likeness (QED) is 0.551. The molecule has 0 atom stereocenters. The maximum atomic E-state index is 9.95. The molecule has 0 spiro atoms. The monoisotopic (exact) mass is 315 g/mol. The van der Waals surface area contributed by atoms with Crippen molar-refractivity contribution in [1.82, 2.24) is 10.2 Å². The standard InChI is InChI=1S/C18H12N2OS.Be.2H/c21-16-11-4-3-9-15(16)18-20-19-17(22-18)14-10-5-7-12-6-1-2-8-13(12)14;;;/h1-11,21H;;;/q;+2;2*-1. The second-order valence-electron chi connectivity index (χ2n) is 4.96. The third-order valence-corrected chi connectivity index (χ3v) is 4.57. The van der Waals surface area contributed by atoms with E-state index in [4.69, 9.17) is 0 Å². The first-order valence-corrected chi connectivity index (χ1v) is 7.74. The van der Waals surface area contributed by atoms with E-state index in [2.05, 4.69) is 34.5 Å². The number of aromatic nitrogens is 2. The summed E-state index contributed by atoms with van der Waals surface area (Å²) in [5, 5.41) is 22.4. The summed E-state index contributed by atoms with van der Waals surface area (Å²) >= 11 is 1.49. The SMILES string of the molecule is Oc1ccccc1-c1nnc(-c2cccc3ccccc23)s1.[Be+2].[H-].[H-]. The van der Waals surface area contributed by atoms with E-state index in [9.17, 15) is 5.11 Å². The molecule has 0 unspecified atom stereocenters. The van der Waals surface area contributed by atoms with E-state index in [1.165, 1.54) is 16.7 Å². The van der Waals surface area contributed by atoms with Crippen LogP contribution in [0.5, 0.6) is 5.75 Å². The van der Waals surface area contributed by atoms with E-state index in [0.717, 1.165) is 21.0 Å². The van der Waals surface area contributed by atoms with Gasteiger partial charge in [0.25, 0.3) is 0 Å². The first-order valence-electron chi connectivity index (χ1n) is 6.93. The van der Waals surface area contributed by atoms with Crippen molar-refractivity contribution in [2.24, 2.45) is 0 Å². The van der Waals surface area contributed by atoms with E-state index in [0.29, 0.717) is 5.56 Å². The average Bonchev–Trinajstić information content (AvgIpc) is 3.04. The van der Waals surface area contributed by atoms with Crippen LogP contribution in [-0.4, -0.2) is 25.4 Å². The molecule has 4 aromatic rings. The fourth-order valence-corrected chi connectivity index (χ4v) is 3.42. The molecule has 1 heterocycles. The maximum Gasteiger partial charge on any atom is 2.00 e. The summed E-state index contributed by atoms with van der Waals surface area (Å²) in [6.07, 6.45) is 0. The number of aromatic hydroxyl groups is 1. The van der Waals surface area contributed by atoms with Gasteiger partial charge in [0.1, 0.15) is 10.8 Å². The Labute approximate surface area is 144 Å². The number of para-hydroxylation sites is 1. The molecule has 4 rings (SSSR count). The molecule has 0 saturated carbocycles. The number of phenolic OH excluding ortho intramolecular Hbond substituents is 1. The fourth-order valence-electron chi connectivity index (χ4n) is 2.51. The Bertz CT molecular complexity index is 973. The Morgan fingerprint density at radius 3 is 2.17 bits per heavy atom. The van der Waals surface area contributed by atoms with Gasteiger partial charge in [-0.2, -0.15) is 0 Å². The first kappa shape index (κ1) is 15.3. The molecule has 0 aliphatic rings. The maximum absolute atomic E-state index is 9.95. The Morgan fingerprint density at radius 1 is 0.739 bits per heavy atom. The number of rotatable bonds is 2. The zero-order valence-electron chi connectivity index (χ0n) is 14.3. The molecular weight excluding hydrogens is 301 g/mol. The first-order chi connectivity index (χ1) is 10.8. The van der Waals surface area contributed by atoms with Gasteiger partial charge in [-0.05, 0) is 22.9 Å². The largest absolute Gasteiger partial charge is 2.00 e. The fraction of sp³-hybridized carbons (Fsp3) is 0. The van der Waals surface area contributed by atoms with Crippen LogP contribution >= 0.6 is 11.3 Å². The molecule has 1 N–H and O–H groups in total. The summed E-state index contributed by atoms with van der Waals surface area (Å²) < 4.78 is 0. The van der Waals surface area contributed by atoms with Crippen molar-refractivity contribution in [1.29, 1.82) is 0 Å². The van der Waals surface area contributed by atoms with Crippen molar-refractivity contribution >= 4 is 32.2 Å². The van der Waals surface area contributed by atoms with E-state index in [-0.39, 0.29) is 18.7 Å². The molecule has 110 valence electrons. The molecule has 0 bridgehead atoms. The van der Waals surface area contributed by atoms with E-state index < -0.39 is 0 Å². The summed E-state index contributed by atoms with van der Waals surface area (Å²) in [6.45, 7) is 0. The van der Waals surface area contributed by atoms with Crippen LogP contribution in [-0.2, 0) is 0 Å². The number of hydrogen-bond donors (Lipinski definition) is 1. The summed E-state index contributed by atoms with van der Waals surface area (Å²) in [5.41, 5.74) is 1.78. The summed E-state index contributed by atoms with van der Waals surface area (Å²) in [5.74, 6) is 0.225. The Morgan fingerprint density at radius 2 is 1.35 bits per heavy atom. The van der Waals surface area contributed by atoms with Crippen LogP contribution in [0.1, 0.15) is 2.85 Å². The number of phenols is 1. The predicted molar refractivity (Wildman–Crippen MR) is 97.9 cm³/mol. The second-order valence-corrected chi connectivity index (χ2v) is 5.93. The van der Waals surface area contributed by atoms with Crippen LogP contribution in [0.15, 0.2) is 66.7 Å². The topological polar surface area (TPSA) is 46.0 Å². The Hall–Kier alpha value is -2.55. The number of fused-ring (bicyclic) bond motifs is 1. The Kier molecular flexibility index (Phi) is 4.20. The van der Waals surface area contributed by atoms with Gasteiger partial charge in [-0.1, -0.05) is 65.9 Å². The number of benzene rings is 3. The predicted octanol–water partition coefficient (Wildman–Crippen LogP) is 4.58. The van der Waals surface area contributed by atoms with Crippen LogP contribution in [0.25, 0.3) is 31.9 Å². The molecule has 0 fully saturated rings. The summed E-state index contributed by atoms with van der Waals surface area (Å²) in [4.78, 5) is 0. The molecule has 5 heteroatoms. The van der Waals surface area contributed by atoms with Crippen LogP contribution in [0.4, 0.5) is 0 Å². The molecule has 3 nitrogen and oxygen atoms in total. The molecule has 0 saturated heterocycles. The van der Waals surface area contributed by atoms with Gasteiger partial charge < -0.3 is 7.96 Å². The van der Waals surface area contributed by atoms with Crippen molar-refractivity contribution in [3.8, 4) is 26.9 Å². The van der Waals surface area contributed by atoms with Crippen LogP contribution in [0.2, 0.25) is 0 Å². The van der Waals surface area contributed by atoms with Crippen molar-refractivity contribution in [3.05, 3.63) is 66.7 Å². The Balaban J connectivity index is 0.00000104. The van der Waals surface area contributed by atoms with Crippen LogP contribution in [0, 0.1) is 0 Å². The van der Waals surface area contributed by atoms with E-state index in [1.807, 2.05) is 30.3 Å². The second kappa shape index (κ2) is 6.29. The molecule has 0 amide bonds. The van der Waals surface area contributed by atoms with Gasteiger partial charge in [-0.25, -0.2) is 0 Å². The van der Waals surface area contributed by atoms with E-state index >= 15 is 0 Å². The number of hydrogen-bond acceptors (Lipinski definition) is 4. The van der Waals surface area contributed by atoms with Gasteiger partial charge in [0.2, 0.25) is 0 Å². The van der Waals surface area contributed by atoms with Gasteiger partial charge in [0.15, 0.2) is 5.01 Å². The van der Waals surface area contributed by atoms with Crippen molar-refractivity contribution in [2.45, 2.75) is 0 Å². The zero-order valence-corrected chi connectivity index (χ0v) is 13.1. The summed E-state index contributed by atoms with van der Waals surface area (Å²) in [7, 11) is 0. The van der Waals surface area contributed by atoms with Gasteiger partial charge in [-0.3, -0.25) is 0 Å². The van der Waals surface area contributed by atoms with Gasteiger partial charge >= 0.3 is 10.1 Å². The van der Waals surface area contributed by atoms with Gasteiger partial charge in [0, 0.05) is 5.56 Å². The minimum Gasteiger partial charge on any atom is -1.00 e. The smallest absolute Gasteiger partial charge is 1.00 e. The molecule has 0 aliphatic carbocycles. The normalized spacial score (nSPS) is 10.4.